The van der Waals surface area contributed by atoms with Gasteiger partial charge in [0.05, 0.1) is 13.2 Å². The summed E-state index contributed by atoms with van der Waals surface area (Å²) in [6, 6.07) is 6.47. The summed E-state index contributed by atoms with van der Waals surface area (Å²) in [6.45, 7) is 9.88. The van der Waals surface area contributed by atoms with Crippen LogP contribution < -0.4 is 14.8 Å². The second kappa shape index (κ2) is 7.53. The lowest BCUT2D eigenvalue weighted by Gasteiger charge is -2.32. The van der Waals surface area contributed by atoms with Gasteiger partial charge in [0.2, 0.25) is 0 Å². The Morgan fingerprint density at radius 2 is 1.85 bits per heavy atom. The molecule has 112 valence electrons. The Morgan fingerprint density at radius 1 is 1.10 bits per heavy atom. The standard InChI is InChI=1S/C17H27NO2/c1-4-13-12-18-10-9-15(13)14-7-8-16(19-5-2)17(11-14)20-6-3/h7-8,11,13,15,18H,4-6,9-10,12H2,1-3H3. The van der Waals surface area contributed by atoms with Crippen LogP contribution in [0.25, 0.3) is 0 Å². The molecule has 1 N–H and O–H groups in total. The minimum Gasteiger partial charge on any atom is -0.490 e. The largest absolute Gasteiger partial charge is 0.490 e. The second-order valence-electron chi connectivity index (χ2n) is 5.34. The van der Waals surface area contributed by atoms with Crippen LogP contribution in [0.1, 0.15) is 45.1 Å². The summed E-state index contributed by atoms with van der Waals surface area (Å²) in [4.78, 5) is 0. The van der Waals surface area contributed by atoms with Crippen LogP contribution in [-0.4, -0.2) is 26.3 Å². The van der Waals surface area contributed by atoms with Gasteiger partial charge in [0.15, 0.2) is 11.5 Å². The molecule has 20 heavy (non-hydrogen) atoms. The first-order chi connectivity index (χ1) is 9.80. The monoisotopic (exact) mass is 277 g/mol. The highest BCUT2D eigenvalue weighted by atomic mass is 16.5. The second-order valence-corrected chi connectivity index (χ2v) is 5.34. The molecule has 0 spiro atoms. The van der Waals surface area contributed by atoms with Gasteiger partial charge in [0.1, 0.15) is 0 Å². The lowest BCUT2D eigenvalue weighted by Crippen LogP contribution is -2.35. The smallest absolute Gasteiger partial charge is 0.161 e. The summed E-state index contributed by atoms with van der Waals surface area (Å²) in [5.41, 5.74) is 1.39. The van der Waals surface area contributed by atoms with E-state index in [-0.39, 0.29) is 0 Å². The van der Waals surface area contributed by atoms with E-state index >= 15 is 0 Å². The molecule has 1 saturated heterocycles. The van der Waals surface area contributed by atoms with Gasteiger partial charge in [0.25, 0.3) is 0 Å². The number of benzene rings is 1. The lowest BCUT2D eigenvalue weighted by molar-refractivity contribution is 0.284. The third-order valence-electron chi connectivity index (χ3n) is 4.13. The SMILES string of the molecule is CCOc1ccc(C2CCNCC2CC)cc1OCC. The van der Waals surface area contributed by atoms with Crippen LogP contribution in [0.5, 0.6) is 11.5 Å². The highest BCUT2D eigenvalue weighted by molar-refractivity contribution is 5.44. The first kappa shape index (κ1) is 15.2. The molecule has 1 aromatic carbocycles. The molecular formula is C17H27NO2. The van der Waals surface area contributed by atoms with Gasteiger partial charge in [-0.1, -0.05) is 19.4 Å². The van der Waals surface area contributed by atoms with Crippen molar-refractivity contribution in [3.05, 3.63) is 23.8 Å². The number of piperidine rings is 1. The van der Waals surface area contributed by atoms with E-state index in [2.05, 4.69) is 30.4 Å². The van der Waals surface area contributed by atoms with E-state index in [0.29, 0.717) is 19.1 Å². The van der Waals surface area contributed by atoms with E-state index in [1.54, 1.807) is 0 Å². The van der Waals surface area contributed by atoms with Crippen molar-refractivity contribution in [2.75, 3.05) is 26.3 Å². The fraction of sp³-hybridized carbons (Fsp3) is 0.647. The Morgan fingerprint density at radius 3 is 2.55 bits per heavy atom. The molecule has 0 bridgehead atoms. The zero-order chi connectivity index (χ0) is 14.4. The molecule has 1 fully saturated rings. The number of nitrogens with one attached hydrogen (secondary N) is 1. The Balaban J connectivity index is 2.24. The van der Waals surface area contributed by atoms with Crippen LogP contribution in [0.3, 0.4) is 0 Å². The number of ether oxygens (including phenoxy) is 2. The van der Waals surface area contributed by atoms with Gasteiger partial charge in [0, 0.05) is 0 Å². The van der Waals surface area contributed by atoms with E-state index in [1.165, 1.54) is 18.4 Å². The third kappa shape index (κ3) is 3.45. The molecule has 2 rings (SSSR count). The van der Waals surface area contributed by atoms with E-state index in [9.17, 15) is 0 Å². The molecule has 1 aliphatic rings. The molecule has 0 radical (unpaired) electrons. The van der Waals surface area contributed by atoms with Gasteiger partial charge in [-0.25, -0.2) is 0 Å². The highest BCUT2D eigenvalue weighted by Gasteiger charge is 2.25. The maximum atomic E-state index is 5.75. The average molecular weight is 277 g/mol. The van der Waals surface area contributed by atoms with E-state index < -0.39 is 0 Å². The zero-order valence-electron chi connectivity index (χ0n) is 12.9. The Kier molecular flexibility index (Phi) is 5.72. The van der Waals surface area contributed by atoms with Gasteiger partial charge < -0.3 is 14.8 Å². The summed E-state index contributed by atoms with van der Waals surface area (Å²) >= 11 is 0. The molecule has 3 nitrogen and oxygen atoms in total. The van der Waals surface area contributed by atoms with Crippen LogP contribution in [0.4, 0.5) is 0 Å². The molecule has 0 amide bonds. The van der Waals surface area contributed by atoms with Crippen molar-refractivity contribution in [2.24, 2.45) is 5.92 Å². The molecular weight excluding hydrogens is 250 g/mol. The Bertz CT molecular complexity index is 419. The van der Waals surface area contributed by atoms with Crippen LogP contribution in [0, 0.1) is 5.92 Å². The van der Waals surface area contributed by atoms with Crippen LogP contribution >= 0.6 is 0 Å². The number of hydrogen-bond donors (Lipinski definition) is 1. The van der Waals surface area contributed by atoms with E-state index in [0.717, 1.165) is 30.5 Å². The first-order valence-corrected chi connectivity index (χ1v) is 7.90. The predicted molar refractivity (Wildman–Crippen MR) is 82.8 cm³/mol. The van der Waals surface area contributed by atoms with Crippen molar-refractivity contribution in [3.8, 4) is 11.5 Å². The third-order valence-corrected chi connectivity index (χ3v) is 4.13. The molecule has 0 aliphatic carbocycles. The Labute approximate surface area is 122 Å². The quantitative estimate of drug-likeness (QED) is 0.862. The summed E-state index contributed by atoms with van der Waals surface area (Å²) < 4.78 is 11.4. The summed E-state index contributed by atoms with van der Waals surface area (Å²) in [6.07, 6.45) is 2.42. The summed E-state index contributed by atoms with van der Waals surface area (Å²) in [5, 5.41) is 3.50. The molecule has 1 aliphatic heterocycles. The van der Waals surface area contributed by atoms with Crippen LogP contribution in [0.2, 0.25) is 0 Å². The van der Waals surface area contributed by atoms with Crippen molar-refractivity contribution in [2.45, 2.75) is 39.5 Å². The fourth-order valence-electron chi connectivity index (χ4n) is 3.09. The normalized spacial score (nSPS) is 22.6. The van der Waals surface area contributed by atoms with Gasteiger partial charge in [-0.05, 0) is 62.9 Å². The minimum atomic E-state index is 0.635. The first-order valence-electron chi connectivity index (χ1n) is 7.90. The molecule has 2 unspecified atom stereocenters. The molecule has 1 heterocycles. The maximum Gasteiger partial charge on any atom is 0.161 e. The Hall–Kier alpha value is -1.22. The van der Waals surface area contributed by atoms with Crippen molar-refractivity contribution >= 4 is 0 Å². The molecule has 0 aromatic heterocycles. The van der Waals surface area contributed by atoms with Crippen LogP contribution in [-0.2, 0) is 0 Å². The summed E-state index contributed by atoms with van der Waals surface area (Å²) in [7, 11) is 0. The van der Waals surface area contributed by atoms with Crippen LogP contribution in [0.15, 0.2) is 18.2 Å². The molecule has 0 saturated carbocycles. The predicted octanol–water partition coefficient (Wildman–Crippen LogP) is 3.59. The van der Waals surface area contributed by atoms with E-state index in [1.807, 2.05) is 13.8 Å². The zero-order valence-corrected chi connectivity index (χ0v) is 12.9. The molecule has 3 heteroatoms. The minimum absolute atomic E-state index is 0.635. The van der Waals surface area contributed by atoms with Gasteiger partial charge in [-0.15, -0.1) is 0 Å². The van der Waals surface area contributed by atoms with Crippen molar-refractivity contribution in [1.29, 1.82) is 0 Å². The van der Waals surface area contributed by atoms with Gasteiger partial charge >= 0.3 is 0 Å². The van der Waals surface area contributed by atoms with Gasteiger partial charge in [-0.2, -0.15) is 0 Å². The van der Waals surface area contributed by atoms with E-state index in [4.69, 9.17) is 9.47 Å². The van der Waals surface area contributed by atoms with Crippen molar-refractivity contribution < 1.29 is 9.47 Å². The maximum absolute atomic E-state index is 5.75. The number of hydrogen-bond acceptors (Lipinski definition) is 3. The highest BCUT2D eigenvalue weighted by Crippen LogP contribution is 2.37. The topological polar surface area (TPSA) is 30.5 Å². The number of rotatable bonds is 6. The van der Waals surface area contributed by atoms with Crippen molar-refractivity contribution in [3.63, 3.8) is 0 Å². The molecule has 1 aromatic rings. The van der Waals surface area contributed by atoms with Gasteiger partial charge in [-0.3, -0.25) is 0 Å². The molecule has 2 atom stereocenters. The lowest BCUT2D eigenvalue weighted by atomic mass is 9.80. The van der Waals surface area contributed by atoms with Crippen molar-refractivity contribution in [1.82, 2.24) is 5.32 Å². The summed E-state index contributed by atoms with van der Waals surface area (Å²) in [5.74, 6) is 3.10. The fourth-order valence-corrected chi connectivity index (χ4v) is 3.09. The average Bonchev–Trinajstić information content (AvgIpc) is 2.49.